The number of carbonyl (C=O) groups excluding carboxylic acids is 1. The zero-order valence-electron chi connectivity index (χ0n) is 21.0. The number of aliphatic hydroxyl groups is 1. The molecule has 0 saturated carbocycles. The summed E-state index contributed by atoms with van der Waals surface area (Å²) < 4.78 is 0. The van der Waals surface area contributed by atoms with Gasteiger partial charge < -0.3 is 10.0 Å². The molecule has 0 aliphatic carbocycles. The lowest BCUT2D eigenvalue weighted by Crippen LogP contribution is -2.52. The van der Waals surface area contributed by atoms with Gasteiger partial charge in [-0.1, -0.05) is 48.3 Å². The summed E-state index contributed by atoms with van der Waals surface area (Å²) in [6.45, 7) is 6.11. The van der Waals surface area contributed by atoms with E-state index in [9.17, 15) is 15.2 Å². The SMILES string of the molecule is CCC(=O)Cc1ccc([C@](C)(O)CN2CCN(c3ccc(C#N)cc3Cl)[C@H](c3ccc(Cl)cc3)C2)cn1. The van der Waals surface area contributed by atoms with E-state index in [1.54, 1.807) is 25.3 Å². The Bertz CT molecular complexity index is 1290. The highest BCUT2D eigenvalue weighted by Crippen LogP contribution is 2.37. The van der Waals surface area contributed by atoms with Crippen LogP contribution >= 0.6 is 23.2 Å². The minimum absolute atomic E-state index is 0.0344. The number of benzene rings is 2. The molecule has 8 heteroatoms. The summed E-state index contributed by atoms with van der Waals surface area (Å²) in [5, 5.41) is 21.8. The summed E-state index contributed by atoms with van der Waals surface area (Å²) >= 11 is 12.8. The predicted molar refractivity (Wildman–Crippen MR) is 147 cm³/mol. The number of aromatic nitrogens is 1. The predicted octanol–water partition coefficient (Wildman–Crippen LogP) is 5.55. The first-order chi connectivity index (χ1) is 17.7. The molecule has 192 valence electrons. The molecule has 3 aromatic rings. The average molecular weight is 537 g/mol. The van der Waals surface area contributed by atoms with Gasteiger partial charge in [0.25, 0.3) is 0 Å². The van der Waals surface area contributed by atoms with Crippen LogP contribution in [0.3, 0.4) is 0 Å². The topological polar surface area (TPSA) is 80.5 Å². The fourth-order valence-corrected chi connectivity index (χ4v) is 5.17. The van der Waals surface area contributed by atoms with Crippen LogP contribution in [-0.4, -0.2) is 47.0 Å². The number of hydrogen-bond acceptors (Lipinski definition) is 6. The monoisotopic (exact) mass is 536 g/mol. The van der Waals surface area contributed by atoms with Crippen molar-refractivity contribution in [2.45, 2.75) is 38.3 Å². The molecule has 1 aromatic heterocycles. The molecule has 0 unspecified atom stereocenters. The number of ketones is 1. The van der Waals surface area contributed by atoms with Gasteiger partial charge in [0.05, 0.1) is 28.4 Å². The number of nitriles is 1. The maximum Gasteiger partial charge on any atom is 0.138 e. The molecule has 0 radical (unpaired) electrons. The van der Waals surface area contributed by atoms with E-state index >= 15 is 0 Å². The van der Waals surface area contributed by atoms with Crippen LogP contribution < -0.4 is 4.90 Å². The number of halogens is 2. The summed E-state index contributed by atoms with van der Waals surface area (Å²) in [5.74, 6) is 0.139. The van der Waals surface area contributed by atoms with Crippen molar-refractivity contribution in [2.24, 2.45) is 0 Å². The van der Waals surface area contributed by atoms with Gasteiger partial charge in [-0.2, -0.15) is 5.26 Å². The first-order valence-electron chi connectivity index (χ1n) is 12.3. The molecule has 2 heterocycles. The lowest BCUT2D eigenvalue weighted by Gasteiger charge is -2.45. The maximum absolute atomic E-state index is 11.7. The number of pyridine rings is 1. The Kier molecular flexibility index (Phi) is 8.51. The van der Waals surface area contributed by atoms with E-state index in [-0.39, 0.29) is 11.8 Å². The molecule has 1 aliphatic heterocycles. The van der Waals surface area contributed by atoms with Crippen molar-refractivity contribution in [3.8, 4) is 6.07 Å². The molecule has 0 amide bonds. The third-order valence-electron chi connectivity index (χ3n) is 6.86. The summed E-state index contributed by atoms with van der Waals surface area (Å²) in [5.41, 5.74) is 2.77. The highest BCUT2D eigenvalue weighted by atomic mass is 35.5. The fourth-order valence-electron chi connectivity index (χ4n) is 4.75. The van der Waals surface area contributed by atoms with Gasteiger partial charge in [0.15, 0.2) is 0 Å². The largest absolute Gasteiger partial charge is 0.384 e. The van der Waals surface area contributed by atoms with Crippen LogP contribution in [0.25, 0.3) is 0 Å². The Balaban J connectivity index is 1.55. The third kappa shape index (κ3) is 6.49. The van der Waals surface area contributed by atoms with Crippen LogP contribution in [0.15, 0.2) is 60.8 Å². The van der Waals surface area contributed by atoms with E-state index in [2.05, 4.69) is 20.9 Å². The Labute approximate surface area is 228 Å². The highest BCUT2D eigenvalue weighted by Gasteiger charge is 2.34. The van der Waals surface area contributed by atoms with Crippen LogP contribution in [0.2, 0.25) is 10.0 Å². The molecule has 1 fully saturated rings. The average Bonchev–Trinajstić information content (AvgIpc) is 2.89. The number of anilines is 1. The lowest BCUT2D eigenvalue weighted by molar-refractivity contribution is -0.118. The van der Waals surface area contributed by atoms with Crippen molar-refractivity contribution in [1.82, 2.24) is 9.88 Å². The van der Waals surface area contributed by atoms with Gasteiger partial charge in [-0.25, -0.2) is 0 Å². The molecule has 1 N–H and O–H groups in total. The number of piperazine rings is 1. The van der Waals surface area contributed by atoms with E-state index in [0.717, 1.165) is 11.3 Å². The van der Waals surface area contributed by atoms with Crippen LogP contribution in [-0.2, 0) is 16.8 Å². The van der Waals surface area contributed by atoms with E-state index in [1.807, 2.05) is 49.4 Å². The van der Waals surface area contributed by atoms with Crippen molar-refractivity contribution in [3.05, 3.63) is 93.2 Å². The lowest BCUT2D eigenvalue weighted by atomic mass is 9.94. The molecule has 2 aromatic carbocycles. The standard InChI is InChI=1S/C29H30Cl2N4O2/c1-3-25(36)15-24-10-7-22(17-33-24)29(2,37)19-34-12-13-35(27-11-4-20(16-32)14-26(27)31)28(18-34)21-5-8-23(30)9-6-21/h4-11,14,17,28,37H,3,12-13,15,18-19H2,1-2H3/t28-,29+/m0/s1. The van der Waals surface area contributed by atoms with Crippen LogP contribution in [0.4, 0.5) is 5.69 Å². The number of carbonyl (C=O) groups is 1. The number of Topliss-reactive ketones (excluding diaryl/α,β-unsaturated/α-hetero) is 1. The molecule has 1 aliphatic rings. The van der Waals surface area contributed by atoms with Gasteiger partial charge in [-0.3, -0.25) is 14.7 Å². The summed E-state index contributed by atoms with van der Waals surface area (Å²) in [7, 11) is 0. The second-order valence-electron chi connectivity index (χ2n) is 9.65. The molecule has 37 heavy (non-hydrogen) atoms. The third-order valence-corrected chi connectivity index (χ3v) is 7.41. The number of hydrogen-bond donors (Lipinski definition) is 1. The number of nitrogens with zero attached hydrogens (tertiary/aromatic N) is 4. The molecule has 6 nitrogen and oxygen atoms in total. The zero-order valence-corrected chi connectivity index (χ0v) is 22.5. The Morgan fingerprint density at radius 1 is 1.16 bits per heavy atom. The molecule has 0 bridgehead atoms. The normalized spacial score (nSPS) is 17.7. The van der Waals surface area contributed by atoms with Crippen molar-refractivity contribution < 1.29 is 9.90 Å². The molecule has 0 spiro atoms. The van der Waals surface area contributed by atoms with Gasteiger partial charge in [0.2, 0.25) is 0 Å². The van der Waals surface area contributed by atoms with Gasteiger partial charge >= 0.3 is 0 Å². The van der Waals surface area contributed by atoms with E-state index < -0.39 is 5.60 Å². The smallest absolute Gasteiger partial charge is 0.138 e. The van der Waals surface area contributed by atoms with E-state index in [1.165, 1.54) is 0 Å². The van der Waals surface area contributed by atoms with Crippen molar-refractivity contribution in [2.75, 3.05) is 31.1 Å². The van der Waals surface area contributed by atoms with Crippen molar-refractivity contribution in [1.29, 1.82) is 5.26 Å². The quantitative estimate of drug-likeness (QED) is 0.406. The van der Waals surface area contributed by atoms with Crippen LogP contribution in [0.1, 0.15) is 48.7 Å². The van der Waals surface area contributed by atoms with Gasteiger partial charge in [-0.15, -0.1) is 0 Å². The molecule has 2 atom stereocenters. The van der Waals surface area contributed by atoms with Crippen LogP contribution in [0, 0.1) is 11.3 Å². The molecule has 1 saturated heterocycles. The first-order valence-corrected chi connectivity index (χ1v) is 13.1. The van der Waals surface area contributed by atoms with Crippen molar-refractivity contribution in [3.63, 3.8) is 0 Å². The van der Waals surface area contributed by atoms with E-state index in [4.69, 9.17) is 23.2 Å². The van der Waals surface area contributed by atoms with Gasteiger partial charge in [0.1, 0.15) is 11.4 Å². The van der Waals surface area contributed by atoms with E-state index in [0.29, 0.717) is 65.9 Å². The fraction of sp³-hybridized carbons (Fsp3) is 0.345. The van der Waals surface area contributed by atoms with Gasteiger partial charge in [0, 0.05) is 61.5 Å². The van der Waals surface area contributed by atoms with Crippen molar-refractivity contribution >= 4 is 34.7 Å². The highest BCUT2D eigenvalue weighted by molar-refractivity contribution is 6.33. The Morgan fingerprint density at radius 2 is 1.92 bits per heavy atom. The summed E-state index contributed by atoms with van der Waals surface area (Å²) in [4.78, 5) is 20.6. The first kappa shape index (κ1) is 27.1. The zero-order chi connectivity index (χ0) is 26.6. The second kappa shape index (κ2) is 11.6. The molecular weight excluding hydrogens is 507 g/mol. The summed E-state index contributed by atoms with van der Waals surface area (Å²) in [6, 6.07) is 18.9. The molecular formula is C29H30Cl2N4O2. The van der Waals surface area contributed by atoms with Crippen LogP contribution in [0.5, 0.6) is 0 Å². The number of β-amino-alcohol motifs (C(OH)–C–C–N with tert-alkyl or cyclic N) is 1. The number of rotatable bonds is 8. The maximum atomic E-state index is 11.7. The Hall–Kier alpha value is -2.95. The minimum Gasteiger partial charge on any atom is -0.384 e. The molecule has 4 rings (SSSR count). The minimum atomic E-state index is -1.13. The summed E-state index contributed by atoms with van der Waals surface area (Å²) in [6.07, 6.45) is 2.46. The second-order valence-corrected chi connectivity index (χ2v) is 10.5. The Morgan fingerprint density at radius 3 is 2.54 bits per heavy atom. The van der Waals surface area contributed by atoms with Gasteiger partial charge in [-0.05, 0) is 48.9 Å².